The Hall–Kier alpha value is -3.20. The first-order valence-electron chi connectivity index (χ1n) is 10.8. The van der Waals surface area contributed by atoms with Crippen LogP contribution in [-0.4, -0.2) is 12.5 Å². The Balaban J connectivity index is 1.67. The Morgan fingerprint density at radius 1 is 1.09 bits per heavy atom. The summed E-state index contributed by atoms with van der Waals surface area (Å²) >= 11 is 7.59. The van der Waals surface area contributed by atoms with Gasteiger partial charge in [-0.3, -0.25) is 4.79 Å². The van der Waals surface area contributed by atoms with E-state index in [-0.39, 0.29) is 5.91 Å². The number of carbonyl (C=O) groups excluding carboxylic acids is 1. The maximum Gasteiger partial charge on any atom is 0.255 e. The second-order valence-electron chi connectivity index (χ2n) is 7.25. The van der Waals surface area contributed by atoms with E-state index >= 15 is 0 Å². The fraction of sp³-hybridized carbons (Fsp3) is 0.185. The van der Waals surface area contributed by atoms with Crippen molar-refractivity contribution in [1.29, 1.82) is 5.26 Å². The number of nitrogens with one attached hydrogen (secondary N) is 1. The molecule has 0 fully saturated rings. The van der Waals surface area contributed by atoms with Crippen LogP contribution in [0.15, 0.2) is 88.7 Å². The van der Waals surface area contributed by atoms with Gasteiger partial charge in [-0.1, -0.05) is 67.4 Å². The molecule has 3 aromatic carbocycles. The van der Waals surface area contributed by atoms with Gasteiger partial charge in [-0.05, 0) is 61.0 Å². The van der Waals surface area contributed by atoms with E-state index in [2.05, 4.69) is 24.4 Å². The molecule has 0 aromatic heterocycles. The second-order valence-corrected chi connectivity index (χ2v) is 8.77. The molecule has 0 bridgehead atoms. The van der Waals surface area contributed by atoms with Crippen molar-refractivity contribution in [3.63, 3.8) is 0 Å². The number of rotatable bonds is 10. The van der Waals surface area contributed by atoms with Gasteiger partial charge >= 0.3 is 0 Å². The van der Waals surface area contributed by atoms with Gasteiger partial charge in [0.15, 0.2) is 0 Å². The number of amides is 1. The molecule has 0 saturated carbocycles. The van der Waals surface area contributed by atoms with Crippen molar-refractivity contribution >= 4 is 35.0 Å². The van der Waals surface area contributed by atoms with Gasteiger partial charge in [0.2, 0.25) is 0 Å². The smallest absolute Gasteiger partial charge is 0.255 e. The third-order valence-electron chi connectivity index (χ3n) is 4.77. The molecule has 168 valence electrons. The Morgan fingerprint density at radius 3 is 2.64 bits per heavy atom. The van der Waals surface area contributed by atoms with Crippen molar-refractivity contribution in [3.05, 3.63) is 95.0 Å². The fourth-order valence-electron chi connectivity index (χ4n) is 3.00. The topological polar surface area (TPSA) is 62.1 Å². The lowest BCUT2D eigenvalue weighted by Gasteiger charge is -2.12. The first kappa shape index (κ1) is 24.4. The number of nitriles is 1. The minimum Gasteiger partial charge on any atom is -0.490 e. The summed E-state index contributed by atoms with van der Waals surface area (Å²) in [6.07, 6.45) is 7.56. The van der Waals surface area contributed by atoms with Crippen LogP contribution in [0.4, 0.5) is 5.69 Å². The van der Waals surface area contributed by atoms with Gasteiger partial charge < -0.3 is 10.1 Å². The number of hydrogen-bond donors (Lipinski definition) is 1. The number of hydrogen-bond acceptors (Lipinski definition) is 4. The van der Waals surface area contributed by atoms with Crippen LogP contribution >= 0.6 is 23.4 Å². The van der Waals surface area contributed by atoms with Crippen LogP contribution in [0.5, 0.6) is 5.75 Å². The zero-order chi connectivity index (χ0) is 23.5. The summed E-state index contributed by atoms with van der Waals surface area (Å²) in [5.41, 5.74) is 1.67. The maximum absolute atomic E-state index is 12.9. The predicted molar refractivity (Wildman–Crippen MR) is 135 cm³/mol. The van der Waals surface area contributed by atoms with Crippen LogP contribution in [0.2, 0.25) is 5.02 Å². The zero-order valence-electron chi connectivity index (χ0n) is 18.4. The number of allylic oxidation sites excluding steroid dienone is 1. The molecular weight excluding hydrogens is 452 g/mol. The maximum atomic E-state index is 12.9. The van der Waals surface area contributed by atoms with Crippen LogP contribution in [-0.2, 0) is 0 Å². The minimum atomic E-state index is -0.251. The number of benzene rings is 3. The van der Waals surface area contributed by atoms with E-state index in [9.17, 15) is 10.1 Å². The van der Waals surface area contributed by atoms with Gasteiger partial charge in [0.1, 0.15) is 18.4 Å². The predicted octanol–water partition coefficient (Wildman–Crippen LogP) is 7.74. The summed E-state index contributed by atoms with van der Waals surface area (Å²) in [5.74, 6) is 0.456. The summed E-state index contributed by atoms with van der Waals surface area (Å²) in [5, 5.41) is 12.8. The van der Waals surface area contributed by atoms with Gasteiger partial charge in [-0.15, -0.1) is 0 Å². The third-order valence-corrected chi connectivity index (χ3v) is 6.16. The van der Waals surface area contributed by atoms with E-state index in [1.807, 2.05) is 30.3 Å². The quantitative estimate of drug-likeness (QED) is 0.240. The van der Waals surface area contributed by atoms with Crippen LogP contribution in [0.1, 0.15) is 42.1 Å². The Bertz CT molecular complexity index is 1150. The molecule has 0 spiro atoms. The van der Waals surface area contributed by atoms with Crippen molar-refractivity contribution in [2.75, 3.05) is 11.9 Å². The van der Waals surface area contributed by atoms with Gasteiger partial charge in [-0.25, -0.2) is 0 Å². The summed E-state index contributed by atoms with van der Waals surface area (Å²) < 4.78 is 5.70. The molecule has 0 aliphatic heterocycles. The first-order valence-corrected chi connectivity index (χ1v) is 12.0. The molecule has 6 heteroatoms. The van der Waals surface area contributed by atoms with Crippen LogP contribution in [0.3, 0.4) is 0 Å². The van der Waals surface area contributed by atoms with Gasteiger partial charge in [0.05, 0.1) is 11.3 Å². The molecule has 3 rings (SSSR count). The van der Waals surface area contributed by atoms with Crippen molar-refractivity contribution < 1.29 is 9.53 Å². The highest BCUT2D eigenvalue weighted by atomic mass is 35.5. The molecule has 0 aliphatic carbocycles. The summed E-state index contributed by atoms with van der Waals surface area (Å²) in [7, 11) is 0. The molecule has 3 aromatic rings. The van der Waals surface area contributed by atoms with Crippen LogP contribution < -0.4 is 10.1 Å². The van der Waals surface area contributed by atoms with Gasteiger partial charge in [-0.2, -0.15) is 5.26 Å². The van der Waals surface area contributed by atoms with Crippen molar-refractivity contribution in [1.82, 2.24) is 0 Å². The monoisotopic (exact) mass is 476 g/mol. The van der Waals surface area contributed by atoms with Crippen molar-refractivity contribution in [3.8, 4) is 11.8 Å². The molecule has 0 unspecified atom stereocenters. The lowest BCUT2D eigenvalue weighted by molar-refractivity contribution is 0.102. The number of ether oxygens (including phenoxy) is 1. The third kappa shape index (κ3) is 7.42. The molecule has 0 radical (unpaired) electrons. The van der Waals surface area contributed by atoms with Gasteiger partial charge in [0, 0.05) is 20.4 Å². The molecule has 33 heavy (non-hydrogen) atoms. The summed E-state index contributed by atoms with van der Waals surface area (Å²) in [4.78, 5) is 14.5. The largest absolute Gasteiger partial charge is 0.490 e. The SMILES string of the molecule is CCCC/C=C/COc1ccc(C(=O)Nc2cc(Cl)ccc2Sc2ccccc2C#N)cc1. The number of nitrogens with zero attached hydrogens (tertiary/aromatic N) is 1. The molecule has 1 amide bonds. The highest BCUT2D eigenvalue weighted by Crippen LogP contribution is 2.36. The number of unbranched alkanes of at least 4 members (excludes halogenated alkanes) is 2. The molecule has 0 heterocycles. The minimum absolute atomic E-state index is 0.251. The first-order chi connectivity index (χ1) is 16.1. The van der Waals surface area contributed by atoms with Crippen molar-refractivity contribution in [2.24, 2.45) is 0 Å². The Morgan fingerprint density at radius 2 is 1.88 bits per heavy atom. The molecule has 4 nitrogen and oxygen atoms in total. The fourth-order valence-corrected chi connectivity index (χ4v) is 4.14. The standard InChI is InChI=1S/C27H25ClN2O2S/c1-2-3-4-5-8-17-32-23-14-11-20(12-15-23)27(31)30-24-18-22(28)13-16-26(24)33-25-10-7-6-9-21(25)19-29/h5-16,18H,2-4,17H2,1H3,(H,30,31)/b8-5+. The van der Waals surface area contributed by atoms with E-state index in [0.29, 0.717) is 34.2 Å². The zero-order valence-corrected chi connectivity index (χ0v) is 20.0. The Labute approximate surface area is 204 Å². The van der Waals surface area contributed by atoms with Gasteiger partial charge in [0.25, 0.3) is 5.91 Å². The number of anilines is 1. The lowest BCUT2D eigenvalue weighted by atomic mass is 10.2. The second kappa shape index (κ2) is 12.7. The van der Waals surface area contributed by atoms with E-state index in [4.69, 9.17) is 16.3 Å². The number of halogens is 1. The van der Waals surface area contributed by atoms with Crippen molar-refractivity contribution in [2.45, 2.75) is 36.0 Å². The van der Waals surface area contributed by atoms with E-state index in [1.165, 1.54) is 24.6 Å². The lowest BCUT2D eigenvalue weighted by Crippen LogP contribution is -2.12. The summed E-state index contributed by atoms with van der Waals surface area (Å²) in [6, 6.07) is 21.9. The van der Waals surface area contributed by atoms with E-state index in [0.717, 1.165) is 16.2 Å². The average Bonchev–Trinajstić information content (AvgIpc) is 2.83. The molecule has 1 N–H and O–H groups in total. The molecule has 0 atom stereocenters. The highest BCUT2D eigenvalue weighted by molar-refractivity contribution is 7.99. The van der Waals surface area contributed by atoms with Crippen LogP contribution in [0.25, 0.3) is 0 Å². The molecular formula is C27H25ClN2O2S. The molecule has 0 aliphatic rings. The van der Waals surface area contributed by atoms with E-state index < -0.39 is 0 Å². The summed E-state index contributed by atoms with van der Waals surface area (Å²) in [6.45, 7) is 2.67. The molecule has 0 saturated heterocycles. The normalized spacial score (nSPS) is 10.7. The number of carbonyl (C=O) groups is 1. The van der Waals surface area contributed by atoms with Crippen LogP contribution in [0, 0.1) is 11.3 Å². The highest BCUT2D eigenvalue weighted by Gasteiger charge is 2.13. The Kier molecular flexibility index (Phi) is 9.44. The average molecular weight is 477 g/mol. The van der Waals surface area contributed by atoms with E-state index in [1.54, 1.807) is 42.5 Å².